The van der Waals surface area contributed by atoms with Crippen LogP contribution >= 0.6 is 21.6 Å². The summed E-state index contributed by atoms with van der Waals surface area (Å²) in [5.74, 6) is 2.36. The van der Waals surface area contributed by atoms with Gasteiger partial charge in [0, 0.05) is 34.0 Å². The molecule has 0 bridgehead atoms. The van der Waals surface area contributed by atoms with Crippen LogP contribution in [0.1, 0.15) is 62.2 Å². The fourth-order valence-electron chi connectivity index (χ4n) is 4.20. The van der Waals surface area contributed by atoms with Crippen molar-refractivity contribution in [2.24, 2.45) is 0 Å². The van der Waals surface area contributed by atoms with E-state index in [0.717, 1.165) is 48.6 Å². The molecule has 6 heteroatoms. The normalized spacial score (nSPS) is 22.0. The fraction of sp³-hybridized carbons (Fsp3) is 0.571. The first-order valence-corrected chi connectivity index (χ1v) is 12.4. The third-order valence-corrected chi connectivity index (χ3v) is 8.66. The molecule has 0 unspecified atom stereocenters. The summed E-state index contributed by atoms with van der Waals surface area (Å²) in [5, 5.41) is 5.32. The van der Waals surface area contributed by atoms with Gasteiger partial charge in [-0.2, -0.15) is 0 Å². The first-order chi connectivity index (χ1) is 13.2. The van der Waals surface area contributed by atoms with Crippen molar-refractivity contribution < 1.29 is 9.53 Å². The zero-order valence-corrected chi connectivity index (χ0v) is 17.5. The van der Waals surface area contributed by atoms with Gasteiger partial charge in [-0.25, -0.2) is 0 Å². The Morgan fingerprint density at radius 2 is 2.26 bits per heavy atom. The summed E-state index contributed by atoms with van der Waals surface area (Å²) < 4.78 is 5.38. The number of hydrogen-bond donors (Lipinski definition) is 2. The highest BCUT2D eigenvalue weighted by atomic mass is 33.1. The van der Waals surface area contributed by atoms with Gasteiger partial charge in [0.05, 0.1) is 13.2 Å². The first kappa shape index (κ1) is 19.1. The van der Waals surface area contributed by atoms with Crippen LogP contribution in [-0.2, 0) is 11.2 Å². The lowest BCUT2D eigenvalue weighted by Crippen LogP contribution is -2.30. The number of nitrogens with one attached hydrogen (secondary N) is 2. The average molecular weight is 405 g/mol. The standard InChI is InChI=1S/C21H28N2O2S2/c1-25-14-9-10-18-17(13-14)16-6-4-7-19(21(16)23-18)22-20(24)8-3-2-5-15-11-12-26-27-15/h9-10,13,15,19,23H,2-8,11-12H2,1H3,(H,22,24)/t15-,19-/m1/s1. The van der Waals surface area contributed by atoms with Gasteiger partial charge >= 0.3 is 0 Å². The van der Waals surface area contributed by atoms with E-state index < -0.39 is 0 Å². The average Bonchev–Trinajstić information content (AvgIpc) is 3.33. The molecule has 0 radical (unpaired) electrons. The monoisotopic (exact) mass is 404 g/mol. The molecule has 1 aromatic heterocycles. The molecule has 1 aromatic carbocycles. The molecule has 2 atom stereocenters. The third kappa shape index (κ3) is 4.43. The van der Waals surface area contributed by atoms with Crippen molar-refractivity contribution in [1.29, 1.82) is 0 Å². The van der Waals surface area contributed by atoms with E-state index in [0.29, 0.717) is 6.42 Å². The summed E-state index contributed by atoms with van der Waals surface area (Å²) in [6.45, 7) is 0. The second kappa shape index (κ2) is 8.82. The molecule has 2 heterocycles. The van der Waals surface area contributed by atoms with Crippen LogP contribution < -0.4 is 10.1 Å². The SMILES string of the molecule is COc1ccc2[nH]c3c(c2c1)CCC[C@H]3NC(=O)CCCC[C@@H]1CCSS1. The van der Waals surface area contributed by atoms with Crippen molar-refractivity contribution in [1.82, 2.24) is 10.3 Å². The zero-order valence-electron chi connectivity index (χ0n) is 15.9. The Bertz CT molecular complexity index is 799. The van der Waals surface area contributed by atoms with Crippen molar-refractivity contribution in [3.8, 4) is 5.75 Å². The lowest BCUT2D eigenvalue weighted by atomic mass is 9.91. The number of ether oxygens (including phenoxy) is 1. The predicted molar refractivity (Wildman–Crippen MR) is 116 cm³/mol. The minimum absolute atomic E-state index is 0.112. The van der Waals surface area contributed by atoms with E-state index in [1.54, 1.807) is 7.11 Å². The van der Waals surface area contributed by atoms with E-state index in [1.807, 2.05) is 27.7 Å². The Hall–Kier alpha value is -1.27. The van der Waals surface area contributed by atoms with Crippen LogP contribution in [0.3, 0.4) is 0 Å². The molecule has 4 rings (SSSR count). The van der Waals surface area contributed by atoms with E-state index in [2.05, 4.69) is 22.4 Å². The van der Waals surface area contributed by atoms with Crippen LogP contribution in [0.15, 0.2) is 18.2 Å². The number of rotatable bonds is 7. The second-order valence-corrected chi connectivity index (χ2v) is 10.3. The Morgan fingerprint density at radius 1 is 1.33 bits per heavy atom. The van der Waals surface area contributed by atoms with Gasteiger partial charge < -0.3 is 15.0 Å². The van der Waals surface area contributed by atoms with Gasteiger partial charge in [0.1, 0.15) is 5.75 Å². The number of carbonyl (C=O) groups excluding carboxylic acids is 1. The summed E-state index contributed by atoms with van der Waals surface area (Å²) in [6, 6.07) is 6.28. The van der Waals surface area contributed by atoms with E-state index in [4.69, 9.17) is 4.74 Å². The number of aromatic amines is 1. The van der Waals surface area contributed by atoms with E-state index in [9.17, 15) is 4.79 Å². The predicted octanol–water partition coefficient (Wildman–Crippen LogP) is 5.38. The van der Waals surface area contributed by atoms with Gasteiger partial charge in [0.25, 0.3) is 0 Å². The number of H-pyrrole nitrogens is 1. The number of aryl methyl sites for hydroxylation is 1. The number of unbranched alkanes of at least 4 members (excludes halogenated alkanes) is 1. The second-order valence-electron chi connectivity index (χ2n) is 7.52. The summed E-state index contributed by atoms with van der Waals surface area (Å²) in [4.78, 5) is 16.0. The molecule has 1 aliphatic carbocycles. The molecule has 1 saturated heterocycles. The van der Waals surface area contributed by atoms with Crippen molar-refractivity contribution in [2.45, 2.75) is 62.7 Å². The minimum atomic E-state index is 0.112. The fourth-order valence-corrected chi connectivity index (χ4v) is 7.23. The molecule has 2 N–H and O–H groups in total. The van der Waals surface area contributed by atoms with Gasteiger partial charge in [-0.15, -0.1) is 0 Å². The number of carbonyl (C=O) groups is 1. The summed E-state index contributed by atoms with van der Waals surface area (Å²) in [7, 11) is 5.72. The van der Waals surface area contributed by atoms with Crippen molar-refractivity contribution in [2.75, 3.05) is 12.9 Å². The van der Waals surface area contributed by atoms with E-state index >= 15 is 0 Å². The molecule has 1 amide bonds. The van der Waals surface area contributed by atoms with Gasteiger partial charge in [-0.05, 0) is 62.3 Å². The molecule has 27 heavy (non-hydrogen) atoms. The highest BCUT2D eigenvalue weighted by molar-refractivity contribution is 8.77. The van der Waals surface area contributed by atoms with Gasteiger partial charge in [0.15, 0.2) is 0 Å². The van der Waals surface area contributed by atoms with Crippen LogP contribution in [0.2, 0.25) is 0 Å². The summed E-state index contributed by atoms with van der Waals surface area (Å²) in [5.41, 5.74) is 3.67. The molecule has 2 aromatic rings. The van der Waals surface area contributed by atoms with Crippen LogP contribution in [-0.4, -0.2) is 29.0 Å². The minimum Gasteiger partial charge on any atom is -0.497 e. The molecule has 146 valence electrons. The molecular weight excluding hydrogens is 376 g/mol. The topological polar surface area (TPSA) is 54.1 Å². The molecule has 0 spiro atoms. The van der Waals surface area contributed by atoms with E-state index in [1.165, 1.54) is 35.2 Å². The highest BCUT2D eigenvalue weighted by Gasteiger charge is 2.25. The molecule has 2 aliphatic rings. The molecule has 0 saturated carbocycles. The van der Waals surface area contributed by atoms with Crippen molar-refractivity contribution in [3.05, 3.63) is 29.5 Å². The van der Waals surface area contributed by atoms with Crippen LogP contribution in [0.5, 0.6) is 5.75 Å². The quantitative estimate of drug-likeness (QED) is 0.480. The van der Waals surface area contributed by atoms with Crippen molar-refractivity contribution in [3.63, 3.8) is 0 Å². The maximum Gasteiger partial charge on any atom is 0.220 e. The number of methoxy groups -OCH3 is 1. The number of benzene rings is 1. The third-order valence-electron chi connectivity index (χ3n) is 5.66. The van der Waals surface area contributed by atoms with Gasteiger partial charge in [-0.1, -0.05) is 28.0 Å². The van der Waals surface area contributed by atoms with Crippen LogP contribution in [0, 0.1) is 0 Å². The maximum atomic E-state index is 12.5. The lowest BCUT2D eigenvalue weighted by molar-refractivity contribution is -0.122. The summed E-state index contributed by atoms with van der Waals surface area (Å²) >= 11 is 0. The van der Waals surface area contributed by atoms with Crippen molar-refractivity contribution >= 4 is 38.4 Å². The molecule has 1 aliphatic heterocycles. The number of fused-ring (bicyclic) bond motifs is 3. The zero-order chi connectivity index (χ0) is 18.6. The Labute approximate surface area is 169 Å². The number of aromatic nitrogens is 1. The smallest absolute Gasteiger partial charge is 0.220 e. The molecule has 4 nitrogen and oxygen atoms in total. The largest absolute Gasteiger partial charge is 0.497 e. The summed E-state index contributed by atoms with van der Waals surface area (Å²) in [6.07, 6.45) is 8.57. The Morgan fingerprint density at radius 3 is 3.07 bits per heavy atom. The number of amides is 1. The van der Waals surface area contributed by atoms with Gasteiger partial charge in [0.2, 0.25) is 5.91 Å². The number of hydrogen-bond acceptors (Lipinski definition) is 4. The van der Waals surface area contributed by atoms with Crippen LogP contribution in [0.25, 0.3) is 10.9 Å². The Kier molecular flexibility index (Phi) is 6.23. The molecule has 1 fully saturated rings. The first-order valence-electron chi connectivity index (χ1n) is 10.0. The Balaban J connectivity index is 1.35. The highest BCUT2D eigenvalue weighted by Crippen LogP contribution is 2.40. The van der Waals surface area contributed by atoms with Gasteiger partial charge in [-0.3, -0.25) is 4.79 Å². The molecular formula is C21H28N2O2S2. The lowest BCUT2D eigenvalue weighted by Gasteiger charge is -2.24. The van der Waals surface area contributed by atoms with Crippen LogP contribution in [0.4, 0.5) is 0 Å². The van der Waals surface area contributed by atoms with E-state index in [-0.39, 0.29) is 11.9 Å². The maximum absolute atomic E-state index is 12.5.